The maximum absolute atomic E-state index is 6.03. The smallest absolute Gasteiger partial charge is 0.200 e. The summed E-state index contributed by atoms with van der Waals surface area (Å²) in [6, 6.07) is 5.56. The van der Waals surface area contributed by atoms with Crippen LogP contribution in [0.5, 0.6) is 0 Å². The fraction of sp³-hybridized carbons (Fsp3) is 0.438. The van der Waals surface area contributed by atoms with Crippen LogP contribution in [0.1, 0.15) is 39.0 Å². The van der Waals surface area contributed by atoms with E-state index in [0.717, 1.165) is 23.8 Å². The minimum absolute atomic E-state index is 0.550. The van der Waals surface area contributed by atoms with Crippen molar-refractivity contribution in [1.82, 2.24) is 9.97 Å². The molecule has 2 N–H and O–H groups in total. The molecule has 0 amide bonds. The highest BCUT2D eigenvalue weighted by molar-refractivity contribution is 6.42. The molecule has 0 aliphatic carbocycles. The topological polar surface area (TPSA) is 40.7 Å². The molecule has 0 radical (unpaired) electrons. The van der Waals surface area contributed by atoms with Gasteiger partial charge in [-0.25, -0.2) is 4.98 Å². The van der Waals surface area contributed by atoms with Crippen LogP contribution < -0.4 is 5.32 Å². The fourth-order valence-corrected chi connectivity index (χ4v) is 2.45. The van der Waals surface area contributed by atoms with Gasteiger partial charge in [-0.2, -0.15) is 0 Å². The van der Waals surface area contributed by atoms with E-state index >= 15 is 0 Å². The maximum atomic E-state index is 6.03. The van der Waals surface area contributed by atoms with Crippen molar-refractivity contribution in [3.05, 3.63) is 34.4 Å². The lowest BCUT2D eigenvalue weighted by atomic mass is 10.1. The van der Waals surface area contributed by atoms with Crippen LogP contribution in [0.4, 0.5) is 5.95 Å². The third-order valence-corrected chi connectivity index (χ3v) is 4.12. The third-order valence-electron chi connectivity index (χ3n) is 3.38. The van der Waals surface area contributed by atoms with Crippen molar-refractivity contribution in [2.24, 2.45) is 0 Å². The van der Waals surface area contributed by atoms with Gasteiger partial charge in [0.1, 0.15) is 0 Å². The monoisotopic (exact) mass is 325 g/mol. The number of benzene rings is 1. The van der Waals surface area contributed by atoms with E-state index in [-0.39, 0.29) is 0 Å². The predicted molar refractivity (Wildman–Crippen MR) is 91.3 cm³/mol. The summed E-state index contributed by atoms with van der Waals surface area (Å²) >= 11 is 12.0. The molecule has 114 valence electrons. The van der Waals surface area contributed by atoms with Crippen molar-refractivity contribution >= 4 is 29.2 Å². The molecule has 1 aromatic carbocycles. The van der Waals surface area contributed by atoms with Crippen LogP contribution in [0.3, 0.4) is 0 Å². The summed E-state index contributed by atoms with van der Waals surface area (Å²) in [5.74, 6) is 0.798. The SMILES string of the molecule is CCCCCCCNc1ncc(-c2ccc(Cl)c(Cl)c2)[nH]1. The summed E-state index contributed by atoms with van der Waals surface area (Å²) in [5, 5.41) is 4.42. The van der Waals surface area contributed by atoms with Gasteiger partial charge in [0.15, 0.2) is 0 Å². The number of nitrogens with zero attached hydrogens (tertiary/aromatic N) is 1. The molecule has 3 nitrogen and oxygen atoms in total. The van der Waals surface area contributed by atoms with Crippen LogP contribution in [-0.2, 0) is 0 Å². The lowest BCUT2D eigenvalue weighted by molar-refractivity contribution is 0.644. The Morgan fingerprint density at radius 1 is 1.10 bits per heavy atom. The second-order valence-corrected chi connectivity index (χ2v) is 5.93. The number of unbranched alkanes of at least 4 members (excludes halogenated alkanes) is 4. The lowest BCUT2D eigenvalue weighted by Gasteiger charge is -2.03. The maximum Gasteiger partial charge on any atom is 0.200 e. The highest BCUT2D eigenvalue weighted by atomic mass is 35.5. The van der Waals surface area contributed by atoms with Crippen molar-refractivity contribution in [3.8, 4) is 11.3 Å². The molecule has 0 fully saturated rings. The van der Waals surface area contributed by atoms with Gasteiger partial charge in [0.05, 0.1) is 21.9 Å². The normalized spacial score (nSPS) is 10.8. The highest BCUT2D eigenvalue weighted by Crippen LogP contribution is 2.27. The minimum Gasteiger partial charge on any atom is -0.356 e. The molecule has 2 aromatic rings. The first-order valence-corrected chi connectivity index (χ1v) is 8.20. The number of hydrogen-bond donors (Lipinski definition) is 2. The van der Waals surface area contributed by atoms with Gasteiger partial charge in [0.25, 0.3) is 0 Å². The Balaban J connectivity index is 1.85. The van der Waals surface area contributed by atoms with Crippen molar-refractivity contribution < 1.29 is 0 Å². The zero-order valence-electron chi connectivity index (χ0n) is 12.3. The quantitative estimate of drug-likeness (QED) is 0.605. The van der Waals surface area contributed by atoms with E-state index in [1.54, 1.807) is 12.3 Å². The summed E-state index contributed by atoms with van der Waals surface area (Å²) in [5.41, 5.74) is 1.91. The molecule has 0 atom stereocenters. The lowest BCUT2D eigenvalue weighted by Crippen LogP contribution is -2.02. The molecule has 0 bridgehead atoms. The van der Waals surface area contributed by atoms with Gasteiger partial charge in [0.2, 0.25) is 5.95 Å². The van der Waals surface area contributed by atoms with E-state index in [9.17, 15) is 0 Å². The number of imidazole rings is 1. The van der Waals surface area contributed by atoms with Crippen LogP contribution in [0.25, 0.3) is 11.3 Å². The fourth-order valence-electron chi connectivity index (χ4n) is 2.16. The molecular formula is C16H21Cl2N3. The van der Waals surface area contributed by atoms with Crippen molar-refractivity contribution in [2.75, 3.05) is 11.9 Å². The molecule has 0 aliphatic rings. The Kier molecular flexibility index (Phi) is 6.40. The summed E-state index contributed by atoms with van der Waals surface area (Å²) in [6.45, 7) is 3.17. The van der Waals surface area contributed by atoms with Crippen LogP contribution >= 0.6 is 23.2 Å². The van der Waals surface area contributed by atoms with Crippen LogP contribution in [-0.4, -0.2) is 16.5 Å². The van der Waals surface area contributed by atoms with E-state index in [0.29, 0.717) is 10.0 Å². The van der Waals surface area contributed by atoms with Gasteiger partial charge >= 0.3 is 0 Å². The van der Waals surface area contributed by atoms with Crippen LogP contribution in [0, 0.1) is 0 Å². The Morgan fingerprint density at radius 2 is 1.90 bits per heavy atom. The van der Waals surface area contributed by atoms with Gasteiger partial charge in [0, 0.05) is 12.1 Å². The van der Waals surface area contributed by atoms with E-state index in [2.05, 4.69) is 22.2 Å². The minimum atomic E-state index is 0.550. The largest absolute Gasteiger partial charge is 0.356 e. The number of H-pyrrole nitrogens is 1. The predicted octanol–water partition coefficient (Wildman–Crippen LogP) is 5.77. The molecule has 21 heavy (non-hydrogen) atoms. The number of halogens is 2. The molecule has 0 saturated heterocycles. The molecule has 5 heteroatoms. The van der Waals surface area contributed by atoms with Crippen LogP contribution in [0.2, 0.25) is 10.0 Å². The van der Waals surface area contributed by atoms with Gasteiger partial charge in [-0.3, -0.25) is 0 Å². The molecule has 1 heterocycles. The van der Waals surface area contributed by atoms with Crippen molar-refractivity contribution in [1.29, 1.82) is 0 Å². The molecular weight excluding hydrogens is 305 g/mol. The van der Waals surface area contributed by atoms with E-state index in [1.807, 2.05) is 12.1 Å². The zero-order valence-corrected chi connectivity index (χ0v) is 13.8. The second-order valence-electron chi connectivity index (χ2n) is 5.12. The summed E-state index contributed by atoms with van der Waals surface area (Å²) in [4.78, 5) is 7.59. The summed E-state index contributed by atoms with van der Waals surface area (Å²) in [7, 11) is 0. The standard InChI is InChI=1S/C16H21Cl2N3/c1-2-3-4-5-6-9-19-16-20-11-15(21-16)12-7-8-13(17)14(18)10-12/h7-8,10-11H,2-6,9H2,1H3,(H2,19,20,21). The summed E-state index contributed by atoms with van der Waals surface area (Å²) in [6.07, 6.45) is 8.15. The number of hydrogen-bond acceptors (Lipinski definition) is 2. The first kappa shape index (κ1) is 16.2. The van der Waals surface area contributed by atoms with E-state index in [4.69, 9.17) is 23.2 Å². The molecule has 0 unspecified atom stereocenters. The Labute approximate surface area is 136 Å². The number of anilines is 1. The van der Waals surface area contributed by atoms with Gasteiger partial charge in [-0.15, -0.1) is 0 Å². The number of rotatable bonds is 8. The van der Waals surface area contributed by atoms with E-state index in [1.165, 1.54) is 32.1 Å². The van der Waals surface area contributed by atoms with Crippen molar-refractivity contribution in [3.63, 3.8) is 0 Å². The molecule has 1 aromatic heterocycles. The van der Waals surface area contributed by atoms with E-state index < -0.39 is 0 Å². The molecule has 2 rings (SSSR count). The van der Waals surface area contributed by atoms with Crippen molar-refractivity contribution in [2.45, 2.75) is 39.0 Å². The zero-order chi connectivity index (χ0) is 15.1. The second kappa shape index (κ2) is 8.30. The van der Waals surface area contributed by atoms with Gasteiger partial charge in [-0.05, 0) is 18.6 Å². The highest BCUT2D eigenvalue weighted by Gasteiger charge is 2.05. The Hall–Kier alpha value is -1.19. The third kappa shape index (κ3) is 4.94. The summed E-state index contributed by atoms with van der Waals surface area (Å²) < 4.78 is 0. The van der Waals surface area contributed by atoms with Gasteiger partial charge < -0.3 is 10.3 Å². The molecule has 0 aliphatic heterocycles. The average Bonchev–Trinajstić information content (AvgIpc) is 2.94. The first-order valence-electron chi connectivity index (χ1n) is 7.45. The first-order chi connectivity index (χ1) is 10.2. The molecule has 0 saturated carbocycles. The number of aromatic nitrogens is 2. The Morgan fingerprint density at radius 3 is 2.67 bits per heavy atom. The number of aromatic amines is 1. The van der Waals surface area contributed by atoms with Crippen LogP contribution in [0.15, 0.2) is 24.4 Å². The van der Waals surface area contributed by atoms with Gasteiger partial charge in [-0.1, -0.05) is 61.9 Å². The molecule has 0 spiro atoms. The number of nitrogens with one attached hydrogen (secondary N) is 2. The average molecular weight is 326 g/mol. The Bertz CT molecular complexity index is 566.